The number of nitrogens with two attached hydrogens (primary N) is 2. The molecule has 0 aromatic carbocycles. The number of carboxylic acid groups (broad SMARTS) is 1. The maximum absolute atomic E-state index is 12.5. The van der Waals surface area contributed by atoms with E-state index in [1.54, 1.807) is 27.7 Å². The first kappa shape index (κ1) is 25.8. The van der Waals surface area contributed by atoms with Gasteiger partial charge in [0.25, 0.3) is 0 Å². The molecule has 10 nitrogen and oxygen atoms in total. The lowest BCUT2D eigenvalue weighted by Crippen LogP contribution is -2.55. The molecular formula is C18H35N5O5. The first-order chi connectivity index (χ1) is 13.0. The van der Waals surface area contributed by atoms with Crippen molar-refractivity contribution >= 4 is 23.7 Å². The zero-order chi connectivity index (χ0) is 21.9. The van der Waals surface area contributed by atoms with Crippen LogP contribution in [-0.2, 0) is 19.2 Å². The first-order valence-electron chi connectivity index (χ1n) is 9.57. The number of hydrogen-bond acceptors (Lipinski definition) is 6. The summed E-state index contributed by atoms with van der Waals surface area (Å²) in [5.74, 6) is -3.16. The highest BCUT2D eigenvalue weighted by Crippen LogP contribution is 2.06. The first-order valence-corrected chi connectivity index (χ1v) is 9.57. The number of carbonyl (C=O) groups excluding carboxylic acids is 3. The van der Waals surface area contributed by atoms with Crippen molar-refractivity contribution in [2.45, 2.75) is 65.1 Å². The second kappa shape index (κ2) is 13.1. The lowest BCUT2D eigenvalue weighted by molar-refractivity contribution is -0.143. The van der Waals surface area contributed by atoms with Gasteiger partial charge in [0.2, 0.25) is 17.7 Å². The van der Waals surface area contributed by atoms with E-state index in [4.69, 9.17) is 11.5 Å². The molecule has 0 aliphatic heterocycles. The van der Waals surface area contributed by atoms with Crippen LogP contribution < -0.4 is 27.4 Å². The average molecular weight is 402 g/mol. The predicted molar refractivity (Wildman–Crippen MR) is 105 cm³/mol. The fourth-order valence-corrected chi connectivity index (χ4v) is 2.36. The number of rotatable bonds is 13. The summed E-state index contributed by atoms with van der Waals surface area (Å²) in [6.07, 6.45) is 1.55. The topological polar surface area (TPSA) is 177 Å². The Morgan fingerprint density at radius 3 is 2.00 bits per heavy atom. The van der Waals surface area contributed by atoms with Gasteiger partial charge in [-0.3, -0.25) is 14.4 Å². The van der Waals surface area contributed by atoms with E-state index in [0.29, 0.717) is 25.8 Å². The van der Waals surface area contributed by atoms with Crippen molar-refractivity contribution in [3.05, 3.63) is 0 Å². The van der Waals surface area contributed by atoms with Gasteiger partial charge in [-0.2, -0.15) is 0 Å². The SMILES string of the molecule is CC(C)C(N)C(=O)NCC(=O)NC(CCCCN)C(=O)NC(C(=O)O)C(C)C. The summed E-state index contributed by atoms with van der Waals surface area (Å²) in [4.78, 5) is 47.8. The van der Waals surface area contributed by atoms with Crippen LogP contribution in [0.4, 0.5) is 0 Å². The van der Waals surface area contributed by atoms with E-state index in [9.17, 15) is 24.3 Å². The average Bonchev–Trinajstić information content (AvgIpc) is 2.61. The zero-order valence-electron chi connectivity index (χ0n) is 17.2. The molecule has 3 unspecified atom stereocenters. The van der Waals surface area contributed by atoms with Crippen LogP contribution in [0.15, 0.2) is 0 Å². The Morgan fingerprint density at radius 2 is 1.54 bits per heavy atom. The van der Waals surface area contributed by atoms with Crippen LogP contribution in [-0.4, -0.2) is 60.0 Å². The molecule has 3 atom stereocenters. The maximum Gasteiger partial charge on any atom is 0.326 e. The number of carboxylic acids is 1. The van der Waals surface area contributed by atoms with Crippen LogP contribution in [0.5, 0.6) is 0 Å². The Hall–Kier alpha value is -2.20. The van der Waals surface area contributed by atoms with Crippen molar-refractivity contribution < 1.29 is 24.3 Å². The van der Waals surface area contributed by atoms with Crippen LogP contribution >= 0.6 is 0 Å². The van der Waals surface area contributed by atoms with Crippen LogP contribution in [0.2, 0.25) is 0 Å². The molecule has 0 bridgehead atoms. The van der Waals surface area contributed by atoms with Crippen LogP contribution in [0.1, 0.15) is 47.0 Å². The molecule has 0 spiro atoms. The van der Waals surface area contributed by atoms with Crippen molar-refractivity contribution in [2.24, 2.45) is 23.3 Å². The number of hydrogen-bond donors (Lipinski definition) is 6. The lowest BCUT2D eigenvalue weighted by atomic mass is 10.0. The molecule has 0 heterocycles. The quantitative estimate of drug-likeness (QED) is 0.213. The third-order valence-electron chi connectivity index (χ3n) is 4.27. The molecule has 0 saturated carbocycles. The van der Waals surface area contributed by atoms with Gasteiger partial charge in [0.15, 0.2) is 0 Å². The molecule has 28 heavy (non-hydrogen) atoms. The smallest absolute Gasteiger partial charge is 0.326 e. The van der Waals surface area contributed by atoms with E-state index in [0.717, 1.165) is 0 Å². The van der Waals surface area contributed by atoms with Gasteiger partial charge in [-0.1, -0.05) is 27.7 Å². The van der Waals surface area contributed by atoms with Crippen LogP contribution in [0.25, 0.3) is 0 Å². The van der Waals surface area contributed by atoms with Gasteiger partial charge in [0.1, 0.15) is 12.1 Å². The van der Waals surface area contributed by atoms with Gasteiger partial charge in [-0.05, 0) is 37.6 Å². The fourth-order valence-electron chi connectivity index (χ4n) is 2.36. The molecular weight excluding hydrogens is 366 g/mol. The molecule has 0 rings (SSSR count). The molecule has 0 aromatic heterocycles. The fraction of sp³-hybridized carbons (Fsp3) is 0.778. The van der Waals surface area contributed by atoms with E-state index < -0.39 is 41.8 Å². The molecule has 0 fully saturated rings. The molecule has 0 radical (unpaired) electrons. The molecule has 0 aliphatic rings. The van der Waals surface area contributed by atoms with Crippen molar-refractivity contribution in [3.63, 3.8) is 0 Å². The standard InChI is InChI=1S/C18H35N5O5/c1-10(2)14(20)17(26)21-9-13(24)22-12(7-5-6-8-19)16(25)23-15(11(3)4)18(27)28/h10-12,14-15H,5-9,19-20H2,1-4H3,(H,21,26)(H,22,24)(H,23,25)(H,27,28). The second-order valence-corrected chi connectivity index (χ2v) is 7.46. The van der Waals surface area contributed by atoms with Crippen LogP contribution in [0.3, 0.4) is 0 Å². The third kappa shape index (κ3) is 9.65. The molecule has 8 N–H and O–H groups in total. The summed E-state index contributed by atoms with van der Waals surface area (Å²) in [5, 5.41) is 16.7. The normalized spacial score (nSPS) is 14.3. The maximum atomic E-state index is 12.5. The van der Waals surface area contributed by atoms with Gasteiger partial charge in [-0.15, -0.1) is 0 Å². The molecule has 0 saturated heterocycles. The summed E-state index contributed by atoms with van der Waals surface area (Å²) < 4.78 is 0. The summed E-state index contributed by atoms with van der Waals surface area (Å²) in [6.45, 7) is 7.04. The summed E-state index contributed by atoms with van der Waals surface area (Å²) in [5.41, 5.74) is 11.2. The van der Waals surface area contributed by atoms with Gasteiger partial charge >= 0.3 is 5.97 Å². The summed E-state index contributed by atoms with van der Waals surface area (Å²) >= 11 is 0. The van der Waals surface area contributed by atoms with E-state index in [1.165, 1.54) is 0 Å². The number of aliphatic carboxylic acids is 1. The van der Waals surface area contributed by atoms with Crippen LogP contribution in [0, 0.1) is 11.8 Å². The highest BCUT2D eigenvalue weighted by atomic mass is 16.4. The highest BCUT2D eigenvalue weighted by molar-refractivity contribution is 5.92. The van der Waals surface area contributed by atoms with Crippen molar-refractivity contribution in [1.82, 2.24) is 16.0 Å². The predicted octanol–water partition coefficient (Wildman–Crippen LogP) is -1.07. The molecule has 10 heteroatoms. The van der Waals surface area contributed by atoms with E-state index >= 15 is 0 Å². The monoisotopic (exact) mass is 401 g/mol. The highest BCUT2D eigenvalue weighted by Gasteiger charge is 2.28. The summed E-state index contributed by atoms with van der Waals surface area (Å²) in [6, 6.07) is -2.72. The van der Waals surface area contributed by atoms with Crippen molar-refractivity contribution in [1.29, 1.82) is 0 Å². The van der Waals surface area contributed by atoms with Gasteiger partial charge in [0, 0.05) is 0 Å². The van der Waals surface area contributed by atoms with Gasteiger partial charge in [-0.25, -0.2) is 4.79 Å². The Kier molecular flexibility index (Phi) is 12.0. The van der Waals surface area contributed by atoms with Crippen molar-refractivity contribution in [3.8, 4) is 0 Å². The number of amides is 3. The van der Waals surface area contributed by atoms with Gasteiger partial charge < -0.3 is 32.5 Å². The Morgan fingerprint density at radius 1 is 0.929 bits per heavy atom. The minimum Gasteiger partial charge on any atom is -0.480 e. The van der Waals surface area contributed by atoms with E-state index in [-0.39, 0.29) is 18.4 Å². The Balaban J connectivity index is 4.90. The molecule has 0 aromatic rings. The summed E-state index contributed by atoms with van der Waals surface area (Å²) in [7, 11) is 0. The third-order valence-corrected chi connectivity index (χ3v) is 4.27. The molecule has 3 amide bonds. The van der Waals surface area contributed by atoms with Gasteiger partial charge in [0.05, 0.1) is 12.6 Å². The molecule has 162 valence electrons. The van der Waals surface area contributed by atoms with E-state index in [2.05, 4.69) is 16.0 Å². The van der Waals surface area contributed by atoms with E-state index in [1.807, 2.05) is 0 Å². The number of nitrogens with one attached hydrogen (secondary N) is 3. The molecule has 0 aliphatic carbocycles. The number of unbranched alkanes of at least 4 members (excludes halogenated alkanes) is 1. The Bertz CT molecular complexity index is 538. The zero-order valence-corrected chi connectivity index (χ0v) is 17.2. The Labute approximate surface area is 166 Å². The second-order valence-electron chi connectivity index (χ2n) is 7.46. The van der Waals surface area contributed by atoms with Crippen molar-refractivity contribution in [2.75, 3.05) is 13.1 Å². The number of carbonyl (C=O) groups is 4. The minimum absolute atomic E-state index is 0.0816. The lowest BCUT2D eigenvalue weighted by Gasteiger charge is -2.23. The minimum atomic E-state index is -1.15. The largest absolute Gasteiger partial charge is 0.480 e.